The average Bonchev–Trinajstić information content (AvgIpc) is 3.18. The van der Waals surface area contributed by atoms with Crippen LogP contribution in [0.25, 0.3) is 0 Å². The second kappa shape index (κ2) is 7.48. The van der Waals surface area contributed by atoms with E-state index in [1.165, 1.54) is 11.3 Å². The molecular formula is C19H29N5O2. The number of carbonyl (C=O) groups is 1. The predicted molar refractivity (Wildman–Crippen MR) is 99.1 cm³/mol. The quantitative estimate of drug-likeness (QED) is 0.879. The Kier molecular flexibility index (Phi) is 5.09. The van der Waals surface area contributed by atoms with Crippen LogP contribution in [0, 0.1) is 0 Å². The van der Waals surface area contributed by atoms with Gasteiger partial charge in [-0.15, -0.1) is 0 Å². The van der Waals surface area contributed by atoms with E-state index in [-0.39, 0.29) is 11.8 Å². The van der Waals surface area contributed by atoms with Gasteiger partial charge in [0.2, 0.25) is 5.91 Å². The Morgan fingerprint density at radius 1 is 1.19 bits per heavy atom. The summed E-state index contributed by atoms with van der Waals surface area (Å²) in [7, 11) is 1.94. The molecule has 142 valence electrons. The molecule has 26 heavy (non-hydrogen) atoms. The number of anilines is 1. The van der Waals surface area contributed by atoms with Gasteiger partial charge in [0.15, 0.2) is 0 Å². The number of aromatic nitrogens is 2. The van der Waals surface area contributed by atoms with Gasteiger partial charge in [-0.3, -0.25) is 9.69 Å². The van der Waals surface area contributed by atoms with Gasteiger partial charge < -0.3 is 15.0 Å². The normalized spacial score (nSPS) is 24.5. The topological polar surface area (TPSA) is 70.6 Å². The zero-order chi connectivity index (χ0) is 18.1. The van der Waals surface area contributed by atoms with Gasteiger partial charge in [-0.05, 0) is 25.7 Å². The number of hydrogen-bond donors (Lipinski definition) is 1. The third-order valence-electron chi connectivity index (χ3n) is 6.05. The Morgan fingerprint density at radius 3 is 2.69 bits per heavy atom. The van der Waals surface area contributed by atoms with Crippen LogP contribution < -0.4 is 5.32 Å². The highest BCUT2D eigenvalue weighted by Gasteiger charge is 2.31. The van der Waals surface area contributed by atoms with Gasteiger partial charge in [-0.25, -0.2) is 9.97 Å². The number of nitrogens with zero attached hydrogens (tertiary/aromatic N) is 4. The summed E-state index contributed by atoms with van der Waals surface area (Å²) in [5.74, 6) is 2.25. The van der Waals surface area contributed by atoms with Gasteiger partial charge in [-0.1, -0.05) is 0 Å². The third kappa shape index (κ3) is 3.42. The second-order valence-corrected chi connectivity index (χ2v) is 7.62. The summed E-state index contributed by atoms with van der Waals surface area (Å²) in [5.41, 5.74) is 2.43. The van der Waals surface area contributed by atoms with Crippen molar-refractivity contribution in [1.82, 2.24) is 19.8 Å². The van der Waals surface area contributed by atoms with Gasteiger partial charge in [0.1, 0.15) is 11.6 Å². The molecule has 4 rings (SSSR count). The molecule has 0 aliphatic carbocycles. The molecule has 7 nitrogen and oxygen atoms in total. The van der Waals surface area contributed by atoms with Gasteiger partial charge in [0.05, 0.1) is 5.69 Å². The van der Waals surface area contributed by atoms with Crippen molar-refractivity contribution in [1.29, 1.82) is 0 Å². The maximum absolute atomic E-state index is 11.7. The molecule has 3 aliphatic heterocycles. The average molecular weight is 359 g/mol. The number of hydrogen-bond acceptors (Lipinski definition) is 6. The number of ether oxygens (including phenoxy) is 1. The van der Waals surface area contributed by atoms with Gasteiger partial charge in [0.25, 0.3) is 0 Å². The Bertz CT molecular complexity index is 674. The van der Waals surface area contributed by atoms with E-state index in [1.54, 1.807) is 6.92 Å². The van der Waals surface area contributed by atoms with E-state index in [4.69, 9.17) is 14.7 Å². The first-order chi connectivity index (χ1) is 12.7. The molecule has 1 unspecified atom stereocenters. The van der Waals surface area contributed by atoms with E-state index >= 15 is 0 Å². The molecule has 2 fully saturated rings. The van der Waals surface area contributed by atoms with E-state index < -0.39 is 0 Å². The number of likely N-dealkylation sites (tertiary alicyclic amines) is 1. The lowest BCUT2D eigenvalue weighted by atomic mass is 9.99. The monoisotopic (exact) mass is 359 g/mol. The molecule has 1 amide bonds. The molecule has 2 saturated heterocycles. The SMILES string of the molecule is CNc1nc(C2CCN(C(C)=O)C2)nc2c1CCN(C1CCOCC1)C2. The Hall–Kier alpha value is -1.73. The summed E-state index contributed by atoms with van der Waals surface area (Å²) in [6.45, 7) is 6.89. The standard InChI is InChI=1S/C19H29N5O2/c1-13(25)23-7-3-14(11-23)18-21-17-12-24(15-5-9-26-10-6-15)8-4-16(17)19(20-2)22-18/h14-15H,3-12H2,1-2H3,(H,20,21,22). The number of amides is 1. The lowest BCUT2D eigenvalue weighted by Crippen LogP contribution is -2.43. The van der Waals surface area contributed by atoms with Gasteiger partial charge in [0, 0.05) is 70.9 Å². The van der Waals surface area contributed by atoms with Crippen LogP contribution in [0.1, 0.15) is 49.2 Å². The summed E-state index contributed by atoms with van der Waals surface area (Å²) in [6.07, 6.45) is 4.17. The molecule has 4 heterocycles. The lowest BCUT2D eigenvalue weighted by molar-refractivity contribution is -0.127. The number of rotatable bonds is 3. The first-order valence-corrected chi connectivity index (χ1v) is 9.80. The number of nitrogens with one attached hydrogen (secondary N) is 1. The highest BCUT2D eigenvalue weighted by Crippen LogP contribution is 2.31. The second-order valence-electron chi connectivity index (χ2n) is 7.62. The van der Waals surface area contributed by atoms with Crippen LogP contribution in [0.4, 0.5) is 5.82 Å². The van der Waals surface area contributed by atoms with Gasteiger partial charge in [-0.2, -0.15) is 0 Å². The maximum Gasteiger partial charge on any atom is 0.219 e. The van der Waals surface area contributed by atoms with E-state index in [2.05, 4.69) is 10.2 Å². The first kappa shape index (κ1) is 17.7. The zero-order valence-electron chi connectivity index (χ0n) is 15.8. The van der Waals surface area contributed by atoms with Crippen LogP contribution in [0.15, 0.2) is 0 Å². The smallest absolute Gasteiger partial charge is 0.219 e. The fourth-order valence-electron chi connectivity index (χ4n) is 4.48. The van der Waals surface area contributed by atoms with E-state index in [9.17, 15) is 4.79 Å². The molecule has 0 aromatic carbocycles. The van der Waals surface area contributed by atoms with E-state index in [1.807, 2.05) is 11.9 Å². The van der Waals surface area contributed by atoms with Crippen LogP contribution in [-0.4, -0.2) is 71.6 Å². The Morgan fingerprint density at radius 2 is 2.00 bits per heavy atom. The van der Waals surface area contributed by atoms with Crippen molar-refractivity contribution in [3.8, 4) is 0 Å². The molecule has 0 saturated carbocycles. The molecule has 0 spiro atoms. The summed E-state index contributed by atoms with van der Waals surface area (Å²) < 4.78 is 5.52. The molecule has 0 radical (unpaired) electrons. The van der Waals surface area contributed by atoms with Crippen molar-refractivity contribution in [2.45, 2.75) is 51.1 Å². The zero-order valence-corrected chi connectivity index (χ0v) is 15.8. The minimum Gasteiger partial charge on any atom is -0.381 e. The summed E-state index contributed by atoms with van der Waals surface area (Å²) in [6, 6.07) is 0.605. The molecule has 1 aromatic heterocycles. The largest absolute Gasteiger partial charge is 0.381 e. The molecule has 3 aliphatic rings. The van der Waals surface area contributed by atoms with Crippen molar-refractivity contribution in [3.63, 3.8) is 0 Å². The number of fused-ring (bicyclic) bond motifs is 1. The summed E-state index contributed by atoms with van der Waals surface area (Å²) >= 11 is 0. The fourth-order valence-corrected chi connectivity index (χ4v) is 4.48. The predicted octanol–water partition coefficient (Wildman–Crippen LogP) is 1.39. The van der Waals surface area contributed by atoms with Crippen molar-refractivity contribution < 1.29 is 9.53 Å². The molecule has 1 atom stereocenters. The minimum absolute atomic E-state index is 0.144. The first-order valence-electron chi connectivity index (χ1n) is 9.80. The van der Waals surface area contributed by atoms with Crippen molar-refractivity contribution >= 4 is 11.7 Å². The molecule has 1 N–H and O–H groups in total. The third-order valence-corrected chi connectivity index (χ3v) is 6.05. The van der Waals surface area contributed by atoms with Crippen molar-refractivity contribution in [3.05, 3.63) is 17.1 Å². The van der Waals surface area contributed by atoms with Crippen LogP contribution in [0.2, 0.25) is 0 Å². The molecular weight excluding hydrogens is 330 g/mol. The van der Waals surface area contributed by atoms with Gasteiger partial charge >= 0.3 is 0 Å². The lowest BCUT2D eigenvalue weighted by Gasteiger charge is -2.37. The van der Waals surface area contributed by atoms with Crippen LogP contribution in [-0.2, 0) is 22.5 Å². The molecule has 1 aromatic rings. The highest BCUT2D eigenvalue weighted by molar-refractivity contribution is 5.73. The minimum atomic E-state index is 0.144. The Labute approximate surface area is 155 Å². The summed E-state index contributed by atoms with van der Waals surface area (Å²) in [5, 5.41) is 3.28. The van der Waals surface area contributed by atoms with E-state index in [0.29, 0.717) is 6.04 Å². The number of carbonyl (C=O) groups excluding carboxylic acids is 1. The van der Waals surface area contributed by atoms with E-state index in [0.717, 1.165) is 76.7 Å². The maximum atomic E-state index is 11.7. The molecule has 0 bridgehead atoms. The Balaban J connectivity index is 1.56. The van der Waals surface area contributed by atoms with Crippen LogP contribution in [0.5, 0.6) is 0 Å². The summed E-state index contributed by atoms with van der Waals surface area (Å²) in [4.78, 5) is 25.9. The highest BCUT2D eigenvalue weighted by atomic mass is 16.5. The van der Waals surface area contributed by atoms with Crippen LogP contribution >= 0.6 is 0 Å². The van der Waals surface area contributed by atoms with Crippen molar-refractivity contribution in [2.75, 3.05) is 45.2 Å². The van der Waals surface area contributed by atoms with Crippen molar-refractivity contribution in [2.24, 2.45) is 0 Å². The van der Waals surface area contributed by atoms with Crippen LogP contribution in [0.3, 0.4) is 0 Å². The fraction of sp³-hybridized carbons (Fsp3) is 0.737. The molecule has 7 heteroatoms.